The van der Waals surface area contributed by atoms with Crippen LogP contribution < -0.4 is 10.1 Å². The van der Waals surface area contributed by atoms with Crippen molar-refractivity contribution in [2.75, 3.05) is 20.2 Å². The van der Waals surface area contributed by atoms with Gasteiger partial charge in [-0.1, -0.05) is 18.2 Å². The lowest BCUT2D eigenvalue weighted by Gasteiger charge is -2.17. The average molecular weight is 353 g/mol. The van der Waals surface area contributed by atoms with Crippen LogP contribution in [-0.4, -0.2) is 41.9 Å². The van der Waals surface area contributed by atoms with Crippen LogP contribution >= 0.6 is 0 Å². The van der Waals surface area contributed by atoms with Crippen LogP contribution in [0.1, 0.15) is 17.5 Å². The highest BCUT2D eigenvalue weighted by atomic mass is 16.5. The first-order chi connectivity index (χ1) is 12.7. The topological polar surface area (TPSA) is 71.5 Å². The number of pyridine rings is 1. The van der Waals surface area contributed by atoms with Crippen molar-refractivity contribution >= 4 is 11.8 Å². The summed E-state index contributed by atoms with van der Waals surface area (Å²) in [5.74, 6) is 0.480. The summed E-state index contributed by atoms with van der Waals surface area (Å²) >= 11 is 0. The molecule has 1 saturated heterocycles. The summed E-state index contributed by atoms with van der Waals surface area (Å²) in [4.78, 5) is 30.4. The van der Waals surface area contributed by atoms with Crippen molar-refractivity contribution in [3.05, 3.63) is 59.9 Å². The normalized spacial score (nSPS) is 16.6. The Hall–Kier alpha value is -2.89. The molecule has 1 unspecified atom stereocenters. The number of amides is 2. The zero-order valence-electron chi connectivity index (χ0n) is 14.9. The van der Waals surface area contributed by atoms with E-state index in [0.29, 0.717) is 19.6 Å². The molecule has 2 amide bonds. The minimum Gasteiger partial charge on any atom is -0.497 e. The maximum Gasteiger partial charge on any atom is 0.225 e. The zero-order chi connectivity index (χ0) is 18.4. The average Bonchev–Trinajstić information content (AvgIpc) is 3.06. The van der Waals surface area contributed by atoms with Crippen LogP contribution in [0, 0.1) is 5.92 Å². The highest BCUT2D eigenvalue weighted by molar-refractivity contribution is 5.89. The van der Waals surface area contributed by atoms with E-state index < -0.39 is 0 Å². The van der Waals surface area contributed by atoms with Crippen molar-refractivity contribution in [1.82, 2.24) is 15.2 Å². The molecule has 3 rings (SSSR count). The van der Waals surface area contributed by atoms with Gasteiger partial charge in [0.15, 0.2) is 0 Å². The highest BCUT2D eigenvalue weighted by Gasteiger charge is 2.33. The fourth-order valence-corrected chi connectivity index (χ4v) is 3.09. The third kappa shape index (κ3) is 4.59. The molecule has 6 nitrogen and oxygen atoms in total. The molecule has 0 aliphatic carbocycles. The lowest BCUT2D eigenvalue weighted by molar-refractivity contribution is -0.129. The Morgan fingerprint density at radius 1 is 1.31 bits per heavy atom. The number of methoxy groups -OCH3 is 1. The Balaban J connectivity index is 1.49. The van der Waals surface area contributed by atoms with E-state index >= 15 is 0 Å². The van der Waals surface area contributed by atoms with Gasteiger partial charge in [0, 0.05) is 38.4 Å². The number of nitrogens with zero attached hydrogens (tertiary/aromatic N) is 2. The van der Waals surface area contributed by atoms with Crippen LogP contribution in [0.15, 0.2) is 48.8 Å². The maximum atomic E-state index is 12.3. The van der Waals surface area contributed by atoms with E-state index in [-0.39, 0.29) is 24.2 Å². The van der Waals surface area contributed by atoms with Crippen molar-refractivity contribution in [3.8, 4) is 5.75 Å². The first-order valence-electron chi connectivity index (χ1n) is 8.73. The van der Waals surface area contributed by atoms with Gasteiger partial charge in [0.2, 0.25) is 11.8 Å². The number of benzene rings is 1. The molecule has 1 atom stereocenters. The van der Waals surface area contributed by atoms with Crippen molar-refractivity contribution in [2.45, 2.75) is 19.4 Å². The van der Waals surface area contributed by atoms with Gasteiger partial charge in [0.05, 0.1) is 13.0 Å². The minimum atomic E-state index is -0.288. The molecule has 0 bridgehead atoms. The van der Waals surface area contributed by atoms with Gasteiger partial charge >= 0.3 is 0 Å². The zero-order valence-corrected chi connectivity index (χ0v) is 14.9. The number of carbonyl (C=O) groups is 2. The number of ether oxygens (including phenoxy) is 1. The maximum absolute atomic E-state index is 12.3. The molecule has 136 valence electrons. The lowest BCUT2D eigenvalue weighted by Crippen LogP contribution is -2.33. The van der Waals surface area contributed by atoms with Gasteiger partial charge in [-0.25, -0.2) is 0 Å². The monoisotopic (exact) mass is 353 g/mol. The Kier molecular flexibility index (Phi) is 5.84. The number of aromatic nitrogens is 1. The van der Waals surface area contributed by atoms with E-state index in [9.17, 15) is 9.59 Å². The minimum absolute atomic E-state index is 0.0365. The number of nitrogens with one attached hydrogen (secondary N) is 1. The van der Waals surface area contributed by atoms with E-state index in [4.69, 9.17) is 4.74 Å². The first-order valence-corrected chi connectivity index (χ1v) is 8.73. The molecule has 0 saturated carbocycles. The molecule has 6 heteroatoms. The molecule has 2 aromatic rings. The molecule has 0 spiro atoms. The van der Waals surface area contributed by atoms with Crippen LogP contribution in [-0.2, 0) is 22.6 Å². The molecule has 2 heterocycles. The van der Waals surface area contributed by atoms with Crippen molar-refractivity contribution in [1.29, 1.82) is 0 Å². The molecule has 1 fully saturated rings. The van der Waals surface area contributed by atoms with Gasteiger partial charge in [-0.3, -0.25) is 14.6 Å². The van der Waals surface area contributed by atoms with Crippen molar-refractivity contribution in [3.63, 3.8) is 0 Å². The van der Waals surface area contributed by atoms with Gasteiger partial charge in [-0.05, 0) is 35.7 Å². The molecular weight excluding hydrogens is 330 g/mol. The molecule has 26 heavy (non-hydrogen) atoms. The fourth-order valence-electron chi connectivity index (χ4n) is 3.09. The molecular formula is C20H23N3O3. The van der Waals surface area contributed by atoms with Crippen LogP contribution in [0.3, 0.4) is 0 Å². The largest absolute Gasteiger partial charge is 0.497 e. The third-order valence-corrected chi connectivity index (χ3v) is 4.58. The second-order valence-corrected chi connectivity index (χ2v) is 6.42. The molecule has 1 aliphatic rings. The highest BCUT2D eigenvalue weighted by Crippen LogP contribution is 2.19. The van der Waals surface area contributed by atoms with E-state index in [2.05, 4.69) is 10.3 Å². The summed E-state index contributed by atoms with van der Waals surface area (Å²) in [6.07, 6.45) is 4.44. The summed E-state index contributed by atoms with van der Waals surface area (Å²) < 4.78 is 5.22. The standard InChI is InChI=1S/C20H23N3O3/c1-26-18-6-2-4-15(10-18)7-9-23-14-17(11-19(23)24)20(25)22-13-16-5-3-8-21-12-16/h2-6,8,10,12,17H,7,9,11,13-14H2,1H3,(H,22,25). The van der Waals surface area contributed by atoms with E-state index in [0.717, 1.165) is 23.3 Å². The van der Waals surface area contributed by atoms with E-state index in [1.54, 1.807) is 24.4 Å². The Bertz CT molecular complexity index is 764. The summed E-state index contributed by atoms with van der Waals surface area (Å²) in [6, 6.07) is 11.6. The molecule has 1 aliphatic heterocycles. The smallest absolute Gasteiger partial charge is 0.225 e. The lowest BCUT2D eigenvalue weighted by atomic mass is 10.1. The van der Waals surface area contributed by atoms with Gasteiger partial charge in [-0.15, -0.1) is 0 Å². The predicted octanol–water partition coefficient (Wildman–Crippen LogP) is 1.80. The van der Waals surface area contributed by atoms with Crippen molar-refractivity contribution < 1.29 is 14.3 Å². The van der Waals surface area contributed by atoms with Crippen molar-refractivity contribution in [2.24, 2.45) is 5.92 Å². The quantitative estimate of drug-likeness (QED) is 0.824. The van der Waals surface area contributed by atoms with Crippen LogP contribution in [0.2, 0.25) is 0 Å². The number of rotatable bonds is 7. The third-order valence-electron chi connectivity index (χ3n) is 4.58. The number of carbonyl (C=O) groups excluding carboxylic acids is 2. The van der Waals surface area contributed by atoms with Crippen LogP contribution in [0.4, 0.5) is 0 Å². The SMILES string of the molecule is COc1cccc(CCN2CC(C(=O)NCc3cccnc3)CC2=O)c1. The summed E-state index contributed by atoms with van der Waals surface area (Å²) in [5, 5.41) is 2.90. The predicted molar refractivity (Wildman–Crippen MR) is 97.5 cm³/mol. The van der Waals surface area contributed by atoms with Gasteiger partial charge in [0.1, 0.15) is 5.75 Å². The second-order valence-electron chi connectivity index (χ2n) is 6.42. The Morgan fingerprint density at radius 2 is 2.15 bits per heavy atom. The molecule has 1 aromatic heterocycles. The van der Waals surface area contributed by atoms with E-state index in [1.807, 2.05) is 36.4 Å². The summed E-state index contributed by atoms with van der Waals surface area (Å²) in [5.41, 5.74) is 2.06. The van der Waals surface area contributed by atoms with Gasteiger partial charge < -0.3 is 15.0 Å². The molecule has 0 radical (unpaired) electrons. The first kappa shape index (κ1) is 17.9. The number of likely N-dealkylation sites (tertiary alicyclic amines) is 1. The number of hydrogen-bond donors (Lipinski definition) is 1. The van der Waals surface area contributed by atoms with Crippen LogP contribution in [0.5, 0.6) is 5.75 Å². The van der Waals surface area contributed by atoms with Crippen LogP contribution in [0.25, 0.3) is 0 Å². The summed E-state index contributed by atoms with van der Waals surface area (Å²) in [6.45, 7) is 1.52. The second kappa shape index (κ2) is 8.47. The summed E-state index contributed by atoms with van der Waals surface area (Å²) in [7, 11) is 1.64. The molecule has 1 aromatic carbocycles. The molecule has 1 N–H and O–H groups in total. The Morgan fingerprint density at radius 3 is 2.92 bits per heavy atom. The fraction of sp³-hybridized carbons (Fsp3) is 0.350. The van der Waals surface area contributed by atoms with Gasteiger partial charge in [0.25, 0.3) is 0 Å². The van der Waals surface area contributed by atoms with Gasteiger partial charge in [-0.2, -0.15) is 0 Å². The Labute approximate surface area is 153 Å². The number of hydrogen-bond acceptors (Lipinski definition) is 4. The van der Waals surface area contributed by atoms with E-state index in [1.165, 1.54) is 0 Å².